The Bertz CT molecular complexity index is 644. The second-order valence-corrected chi connectivity index (χ2v) is 5.76. The van der Waals surface area contributed by atoms with E-state index in [1.165, 1.54) is 10.9 Å². The molecule has 3 heterocycles. The summed E-state index contributed by atoms with van der Waals surface area (Å²) in [6, 6.07) is 4.07. The molecule has 2 aromatic heterocycles. The van der Waals surface area contributed by atoms with Gasteiger partial charge in [0, 0.05) is 37.5 Å². The summed E-state index contributed by atoms with van der Waals surface area (Å²) in [6.45, 7) is 4.47. The van der Waals surface area contributed by atoms with Crippen molar-refractivity contribution in [3.8, 4) is 0 Å². The molecule has 118 valence electrons. The third-order valence-electron chi connectivity index (χ3n) is 4.10. The van der Waals surface area contributed by atoms with Gasteiger partial charge in [-0.15, -0.1) is 0 Å². The van der Waals surface area contributed by atoms with Crippen LogP contribution in [0.3, 0.4) is 0 Å². The average Bonchev–Trinajstić information content (AvgIpc) is 3.17. The van der Waals surface area contributed by atoms with Crippen LogP contribution in [0, 0.1) is 0 Å². The molecule has 0 bridgehead atoms. The number of hydrogen-bond acceptors (Lipinski definition) is 3. The number of rotatable bonds is 6. The second kappa shape index (κ2) is 6.92. The zero-order valence-electron chi connectivity index (χ0n) is 13.0. The van der Waals surface area contributed by atoms with Crippen LogP contribution in [0.1, 0.15) is 31.7 Å². The first kappa shape index (κ1) is 15.0. The third-order valence-corrected chi connectivity index (χ3v) is 4.10. The maximum Gasteiger partial charge on any atom is 0.249 e. The first-order chi connectivity index (χ1) is 10.8. The lowest BCUT2D eigenvalue weighted by Crippen LogP contribution is -2.35. The minimum absolute atomic E-state index is 0.0212. The zero-order chi connectivity index (χ0) is 15.4. The number of aryl methyl sites for hydroxylation is 1. The molecule has 1 amide bonds. The lowest BCUT2D eigenvalue weighted by atomic mass is 10.1. The van der Waals surface area contributed by atoms with Gasteiger partial charge in [0.25, 0.3) is 0 Å². The fourth-order valence-electron chi connectivity index (χ4n) is 3.02. The number of ether oxygens (including phenoxy) is 1. The number of carbonyl (C=O) groups excluding carboxylic acids is 1. The Hall–Kier alpha value is -1.88. The van der Waals surface area contributed by atoms with Crippen molar-refractivity contribution in [2.45, 2.75) is 45.3 Å². The molecule has 1 atom stereocenters. The second-order valence-electron chi connectivity index (χ2n) is 5.76. The molecule has 1 aliphatic heterocycles. The molecule has 5 nitrogen and oxygen atoms in total. The Morgan fingerprint density at radius 1 is 1.55 bits per heavy atom. The molecule has 1 fully saturated rings. The van der Waals surface area contributed by atoms with E-state index in [0.29, 0.717) is 13.2 Å². The first-order valence-corrected chi connectivity index (χ1v) is 8.11. The number of aromatic nitrogens is 2. The van der Waals surface area contributed by atoms with Gasteiger partial charge < -0.3 is 14.6 Å². The van der Waals surface area contributed by atoms with Crippen LogP contribution in [0.4, 0.5) is 0 Å². The van der Waals surface area contributed by atoms with E-state index in [0.717, 1.165) is 37.9 Å². The fourth-order valence-corrected chi connectivity index (χ4v) is 3.02. The van der Waals surface area contributed by atoms with Crippen molar-refractivity contribution in [3.05, 3.63) is 30.1 Å². The quantitative estimate of drug-likeness (QED) is 0.890. The lowest BCUT2D eigenvalue weighted by molar-refractivity contribution is -0.129. The molecule has 3 rings (SSSR count). The summed E-state index contributed by atoms with van der Waals surface area (Å²) in [4.78, 5) is 16.4. The Kier molecular flexibility index (Phi) is 4.73. The summed E-state index contributed by atoms with van der Waals surface area (Å²) in [5.41, 5.74) is 2.27. The third kappa shape index (κ3) is 3.14. The van der Waals surface area contributed by atoms with E-state index >= 15 is 0 Å². The summed E-state index contributed by atoms with van der Waals surface area (Å²) >= 11 is 0. The van der Waals surface area contributed by atoms with Crippen molar-refractivity contribution in [3.63, 3.8) is 0 Å². The van der Waals surface area contributed by atoms with E-state index in [1.807, 2.05) is 12.3 Å². The molecule has 1 saturated heterocycles. The average molecular weight is 301 g/mol. The Morgan fingerprint density at radius 2 is 2.45 bits per heavy atom. The number of amides is 1. The maximum absolute atomic E-state index is 12.0. The number of pyridine rings is 1. The van der Waals surface area contributed by atoms with Crippen molar-refractivity contribution >= 4 is 16.9 Å². The largest absolute Gasteiger partial charge is 0.368 e. The predicted octanol–water partition coefficient (Wildman–Crippen LogP) is 2.28. The van der Waals surface area contributed by atoms with Crippen LogP contribution in [0.15, 0.2) is 24.5 Å². The molecule has 0 aromatic carbocycles. The number of nitrogens with zero attached hydrogens (tertiary/aromatic N) is 2. The van der Waals surface area contributed by atoms with Crippen LogP contribution in [-0.2, 0) is 22.5 Å². The highest BCUT2D eigenvalue weighted by Gasteiger charge is 2.23. The van der Waals surface area contributed by atoms with Crippen LogP contribution in [0.2, 0.25) is 0 Å². The van der Waals surface area contributed by atoms with E-state index in [2.05, 4.69) is 34.1 Å². The summed E-state index contributed by atoms with van der Waals surface area (Å²) < 4.78 is 7.60. The predicted molar refractivity (Wildman–Crippen MR) is 85.7 cm³/mol. The van der Waals surface area contributed by atoms with Crippen molar-refractivity contribution in [2.75, 3.05) is 13.2 Å². The van der Waals surface area contributed by atoms with Gasteiger partial charge in [-0.05, 0) is 43.4 Å². The molecule has 1 N–H and O–H groups in total. The highest BCUT2D eigenvalue weighted by Crippen LogP contribution is 2.20. The molecule has 5 heteroatoms. The number of carbonyl (C=O) groups is 1. The zero-order valence-corrected chi connectivity index (χ0v) is 13.0. The van der Waals surface area contributed by atoms with Crippen LogP contribution < -0.4 is 5.32 Å². The van der Waals surface area contributed by atoms with Gasteiger partial charge in [-0.3, -0.25) is 4.79 Å². The Balaban J connectivity index is 1.64. The van der Waals surface area contributed by atoms with Crippen LogP contribution in [0.5, 0.6) is 0 Å². The highest BCUT2D eigenvalue weighted by atomic mass is 16.5. The molecule has 1 aliphatic rings. The fraction of sp³-hybridized carbons (Fsp3) is 0.529. The maximum atomic E-state index is 12.0. The van der Waals surface area contributed by atoms with Crippen molar-refractivity contribution in [1.82, 2.24) is 14.9 Å². The molecule has 22 heavy (non-hydrogen) atoms. The van der Waals surface area contributed by atoms with Crippen molar-refractivity contribution in [1.29, 1.82) is 0 Å². The van der Waals surface area contributed by atoms with Crippen molar-refractivity contribution < 1.29 is 9.53 Å². The normalized spacial score (nSPS) is 18.0. The molecule has 2 aromatic rings. The van der Waals surface area contributed by atoms with Gasteiger partial charge in [-0.2, -0.15) is 0 Å². The van der Waals surface area contributed by atoms with Gasteiger partial charge in [0.15, 0.2) is 0 Å². The number of nitrogens with one attached hydrogen (secondary N) is 1. The summed E-state index contributed by atoms with van der Waals surface area (Å²) in [7, 11) is 0. The minimum atomic E-state index is -0.247. The van der Waals surface area contributed by atoms with Gasteiger partial charge in [0.05, 0.1) is 0 Å². The van der Waals surface area contributed by atoms with Gasteiger partial charge in [-0.1, -0.05) is 6.92 Å². The van der Waals surface area contributed by atoms with E-state index in [9.17, 15) is 4.79 Å². The minimum Gasteiger partial charge on any atom is -0.368 e. The first-order valence-electron chi connectivity index (χ1n) is 8.11. The highest BCUT2D eigenvalue weighted by molar-refractivity contribution is 5.82. The smallest absolute Gasteiger partial charge is 0.249 e. The van der Waals surface area contributed by atoms with Crippen LogP contribution in [-0.4, -0.2) is 34.7 Å². The van der Waals surface area contributed by atoms with Gasteiger partial charge >= 0.3 is 0 Å². The molecular formula is C17H23N3O2. The van der Waals surface area contributed by atoms with Gasteiger partial charge in [0.2, 0.25) is 5.91 Å². The van der Waals surface area contributed by atoms with E-state index in [4.69, 9.17) is 4.74 Å². The van der Waals surface area contributed by atoms with E-state index in [-0.39, 0.29) is 12.0 Å². The SMILES string of the molecule is CCCn1cc(CCNC(=O)C2CCCO2)c2cccnc21. The topological polar surface area (TPSA) is 56.2 Å². The Labute approximate surface area is 130 Å². The number of hydrogen-bond donors (Lipinski definition) is 1. The van der Waals surface area contributed by atoms with E-state index < -0.39 is 0 Å². The molecule has 1 unspecified atom stereocenters. The molecule has 0 spiro atoms. The lowest BCUT2D eigenvalue weighted by Gasteiger charge is -2.09. The monoisotopic (exact) mass is 301 g/mol. The van der Waals surface area contributed by atoms with E-state index in [1.54, 1.807) is 0 Å². The molecule has 0 saturated carbocycles. The van der Waals surface area contributed by atoms with Crippen LogP contribution in [0.25, 0.3) is 11.0 Å². The molecular weight excluding hydrogens is 278 g/mol. The molecule has 0 aliphatic carbocycles. The summed E-state index contributed by atoms with van der Waals surface area (Å²) in [6.07, 6.45) is 7.46. The molecule has 0 radical (unpaired) electrons. The number of fused-ring (bicyclic) bond motifs is 1. The summed E-state index contributed by atoms with van der Waals surface area (Å²) in [5.74, 6) is 0.0212. The van der Waals surface area contributed by atoms with Gasteiger partial charge in [0.1, 0.15) is 11.8 Å². The standard InChI is InChI=1S/C17H23N3O2/c1-2-10-20-12-13(14-5-3-8-18-16(14)20)7-9-19-17(21)15-6-4-11-22-15/h3,5,8,12,15H,2,4,6-7,9-11H2,1H3,(H,19,21). The van der Waals surface area contributed by atoms with Gasteiger partial charge in [-0.25, -0.2) is 4.98 Å². The van der Waals surface area contributed by atoms with Crippen LogP contribution >= 0.6 is 0 Å². The van der Waals surface area contributed by atoms with Crippen molar-refractivity contribution in [2.24, 2.45) is 0 Å². The summed E-state index contributed by atoms with van der Waals surface area (Å²) in [5, 5.41) is 4.17. The Morgan fingerprint density at radius 3 is 3.23 bits per heavy atom.